The first-order valence-corrected chi connectivity index (χ1v) is 9.12. The van der Waals surface area contributed by atoms with Gasteiger partial charge in [-0.15, -0.1) is 5.10 Å². The number of hydrogen-bond donors (Lipinski definition) is 2. The van der Waals surface area contributed by atoms with Crippen LogP contribution in [0.15, 0.2) is 58.2 Å². The van der Waals surface area contributed by atoms with Crippen LogP contribution in [0.2, 0.25) is 5.02 Å². The number of thioether (sulfide) groups is 1. The lowest BCUT2D eigenvalue weighted by atomic mass is 10.2. The van der Waals surface area contributed by atoms with Gasteiger partial charge in [0.1, 0.15) is 0 Å². The van der Waals surface area contributed by atoms with Crippen molar-refractivity contribution in [1.29, 1.82) is 0 Å². The fraction of sp³-hybridized carbons (Fsp3) is 0.0625. The van der Waals surface area contributed by atoms with E-state index in [1.54, 1.807) is 24.3 Å². The molecule has 0 atom stereocenters. The normalized spacial score (nSPS) is 10.6. The summed E-state index contributed by atoms with van der Waals surface area (Å²) >= 11 is 10.5. The zero-order chi connectivity index (χ0) is 16.9. The molecule has 122 valence electrons. The van der Waals surface area contributed by atoms with E-state index >= 15 is 0 Å². The van der Waals surface area contributed by atoms with Gasteiger partial charge in [-0.2, -0.15) is 0 Å². The van der Waals surface area contributed by atoms with Gasteiger partial charge in [-0.05, 0) is 36.4 Å². The zero-order valence-electron chi connectivity index (χ0n) is 12.3. The fourth-order valence-corrected chi connectivity index (χ4v) is 3.06. The molecule has 3 rings (SSSR count). The Morgan fingerprint density at radius 1 is 1.25 bits per heavy atom. The van der Waals surface area contributed by atoms with Gasteiger partial charge in [-0.3, -0.25) is 9.89 Å². The van der Waals surface area contributed by atoms with Gasteiger partial charge in [0.25, 0.3) is 0 Å². The van der Waals surface area contributed by atoms with E-state index < -0.39 is 0 Å². The molecule has 8 heteroatoms. The molecule has 0 aliphatic rings. The van der Waals surface area contributed by atoms with E-state index in [1.807, 2.05) is 24.3 Å². The third-order valence-electron chi connectivity index (χ3n) is 3.02. The molecule has 0 fully saturated rings. The Kier molecular flexibility index (Phi) is 5.55. The summed E-state index contributed by atoms with van der Waals surface area (Å²) in [6.45, 7) is 0. The number of aromatic amines is 1. The van der Waals surface area contributed by atoms with E-state index in [9.17, 15) is 4.79 Å². The van der Waals surface area contributed by atoms with Crippen molar-refractivity contribution in [3.05, 3.63) is 58.0 Å². The number of nitrogens with one attached hydrogen (secondary N) is 2. The lowest BCUT2D eigenvalue weighted by Crippen LogP contribution is -2.13. The molecule has 2 aromatic carbocycles. The van der Waals surface area contributed by atoms with Gasteiger partial charge in [-0.25, -0.2) is 4.98 Å². The molecule has 24 heavy (non-hydrogen) atoms. The van der Waals surface area contributed by atoms with E-state index in [2.05, 4.69) is 36.4 Å². The molecule has 2 N–H and O–H groups in total. The lowest BCUT2D eigenvalue weighted by Gasteiger charge is -2.03. The first kappa shape index (κ1) is 17.0. The third-order valence-corrected chi connectivity index (χ3v) is 4.62. The molecule has 1 aromatic heterocycles. The largest absolute Gasteiger partial charge is 0.325 e. The number of carbonyl (C=O) groups excluding carboxylic acids is 1. The number of H-pyrrole nitrogens is 1. The molecule has 5 nitrogen and oxygen atoms in total. The molecule has 0 radical (unpaired) electrons. The van der Waals surface area contributed by atoms with Crippen molar-refractivity contribution in [2.45, 2.75) is 5.16 Å². The van der Waals surface area contributed by atoms with Crippen LogP contribution >= 0.6 is 39.3 Å². The smallest absolute Gasteiger partial charge is 0.234 e. The van der Waals surface area contributed by atoms with Crippen molar-refractivity contribution in [2.24, 2.45) is 0 Å². The fourth-order valence-electron chi connectivity index (χ4n) is 1.94. The summed E-state index contributed by atoms with van der Waals surface area (Å²) in [5, 5.41) is 11.0. The Hall–Kier alpha value is -1.83. The maximum atomic E-state index is 12.0. The van der Waals surface area contributed by atoms with Crippen LogP contribution in [-0.4, -0.2) is 26.8 Å². The van der Waals surface area contributed by atoms with Crippen LogP contribution in [0.1, 0.15) is 0 Å². The van der Waals surface area contributed by atoms with Gasteiger partial charge in [0.15, 0.2) is 5.82 Å². The minimum absolute atomic E-state index is 0.129. The van der Waals surface area contributed by atoms with Crippen LogP contribution in [-0.2, 0) is 4.79 Å². The third kappa shape index (κ3) is 4.59. The number of carbonyl (C=O) groups is 1. The topological polar surface area (TPSA) is 70.7 Å². The molecule has 0 saturated carbocycles. The van der Waals surface area contributed by atoms with Crippen LogP contribution in [0, 0.1) is 0 Å². The molecule has 0 saturated heterocycles. The number of hydrogen-bond acceptors (Lipinski definition) is 4. The average molecular weight is 424 g/mol. The molecule has 0 spiro atoms. The highest BCUT2D eigenvalue weighted by Gasteiger charge is 2.09. The summed E-state index contributed by atoms with van der Waals surface area (Å²) in [6.07, 6.45) is 0. The molecule has 3 aromatic rings. The predicted molar refractivity (Wildman–Crippen MR) is 100 cm³/mol. The van der Waals surface area contributed by atoms with Gasteiger partial charge in [-0.1, -0.05) is 51.4 Å². The lowest BCUT2D eigenvalue weighted by molar-refractivity contribution is -0.113. The Morgan fingerprint density at radius 3 is 2.79 bits per heavy atom. The van der Waals surface area contributed by atoms with Crippen molar-refractivity contribution in [3.63, 3.8) is 0 Å². The van der Waals surface area contributed by atoms with Gasteiger partial charge < -0.3 is 5.32 Å². The van der Waals surface area contributed by atoms with Crippen molar-refractivity contribution in [1.82, 2.24) is 15.2 Å². The second-order valence-corrected chi connectivity index (χ2v) is 7.12. The highest BCUT2D eigenvalue weighted by atomic mass is 79.9. The molecule has 0 aliphatic heterocycles. The van der Waals surface area contributed by atoms with Gasteiger partial charge >= 0.3 is 0 Å². The maximum absolute atomic E-state index is 12.0. The van der Waals surface area contributed by atoms with Crippen molar-refractivity contribution in [3.8, 4) is 11.4 Å². The van der Waals surface area contributed by atoms with Crippen LogP contribution in [0.4, 0.5) is 5.69 Å². The second-order valence-electron chi connectivity index (χ2n) is 4.82. The minimum atomic E-state index is -0.129. The maximum Gasteiger partial charge on any atom is 0.234 e. The van der Waals surface area contributed by atoms with Gasteiger partial charge in [0.05, 0.1) is 5.75 Å². The van der Waals surface area contributed by atoms with Crippen LogP contribution in [0.25, 0.3) is 11.4 Å². The van der Waals surface area contributed by atoms with E-state index in [4.69, 9.17) is 11.6 Å². The highest BCUT2D eigenvalue weighted by Crippen LogP contribution is 2.22. The number of halogens is 2. The summed E-state index contributed by atoms with van der Waals surface area (Å²) in [6, 6.07) is 14.7. The van der Waals surface area contributed by atoms with Crippen LogP contribution in [0.3, 0.4) is 0 Å². The van der Waals surface area contributed by atoms with E-state index in [-0.39, 0.29) is 11.7 Å². The standard InChI is InChI=1S/C16H12BrClN4OS/c17-11-3-1-2-10(8-11)15-20-16(22-21-15)24-9-14(23)19-13-6-4-12(18)5-7-13/h1-8H,9H2,(H,19,23)(H,20,21,22). The highest BCUT2D eigenvalue weighted by molar-refractivity contribution is 9.10. The monoisotopic (exact) mass is 422 g/mol. The average Bonchev–Trinajstić information content (AvgIpc) is 3.04. The summed E-state index contributed by atoms with van der Waals surface area (Å²) in [5.41, 5.74) is 1.63. The van der Waals surface area contributed by atoms with E-state index in [1.165, 1.54) is 11.8 Å². The number of benzene rings is 2. The van der Waals surface area contributed by atoms with E-state index in [0.717, 1.165) is 10.0 Å². The first-order valence-electron chi connectivity index (χ1n) is 6.97. The second kappa shape index (κ2) is 7.83. The number of nitrogens with zero attached hydrogens (tertiary/aromatic N) is 2. The molecular formula is C16H12BrClN4OS. The molecule has 1 amide bonds. The summed E-state index contributed by atoms with van der Waals surface area (Å²) in [7, 11) is 0. The van der Waals surface area contributed by atoms with Crippen LogP contribution < -0.4 is 5.32 Å². The number of rotatable bonds is 5. The van der Waals surface area contributed by atoms with E-state index in [0.29, 0.717) is 21.7 Å². The minimum Gasteiger partial charge on any atom is -0.325 e. The van der Waals surface area contributed by atoms with Crippen molar-refractivity contribution < 1.29 is 4.79 Å². The van der Waals surface area contributed by atoms with Crippen molar-refractivity contribution >= 4 is 50.9 Å². The Labute approximate surface area is 156 Å². The number of aromatic nitrogens is 3. The number of anilines is 1. The predicted octanol–water partition coefficient (Wildman–Crippen LogP) is 4.62. The van der Waals surface area contributed by atoms with Gasteiger partial charge in [0.2, 0.25) is 11.1 Å². The summed E-state index contributed by atoms with van der Waals surface area (Å²) in [4.78, 5) is 16.3. The summed E-state index contributed by atoms with van der Waals surface area (Å²) in [5.74, 6) is 0.756. The molecule has 0 bridgehead atoms. The Balaban J connectivity index is 1.57. The molecule has 0 aliphatic carbocycles. The SMILES string of the molecule is O=C(CSc1n[nH]c(-c2cccc(Br)c2)n1)Nc1ccc(Cl)cc1. The molecule has 0 unspecified atom stereocenters. The van der Waals surface area contributed by atoms with Gasteiger partial charge in [0, 0.05) is 20.7 Å². The molecular weight excluding hydrogens is 412 g/mol. The Morgan fingerprint density at radius 2 is 2.04 bits per heavy atom. The zero-order valence-corrected chi connectivity index (χ0v) is 15.5. The Bertz CT molecular complexity index is 853. The summed E-state index contributed by atoms with van der Waals surface area (Å²) < 4.78 is 0.966. The van der Waals surface area contributed by atoms with Crippen LogP contribution in [0.5, 0.6) is 0 Å². The van der Waals surface area contributed by atoms with Crippen molar-refractivity contribution in [2.75, 3.05) is 11.1 Å². The molecule has 1 heterocycles. The number of amides is 1. The first-order chi connectivity index (χ1) is 11.6. The quantitative estimate of drug-likeness (QED) is 0.588.